The molecule has 1 fully saturated rings. The van der Waals surface area contributed by atoms with Crippen molar-refractivity contribution < 1.29 is 14.4 Å². The largest absolute Gasteiger partial charge is 0.303 e. The van der Waals surface area contributed by atoms with Crippen molar-refractivity contribution in [2.24, 2.45) is 0 Å². The van der Waals surface area contributed by atoms with Crippen molar-refractivity contribution >= 4 is 80.5 Å². The molecule has 0 bridgehead atoms. The Morgan fingerprint density at radius 2 is 1.60 bits per heavy atom. The number of carbonyl (C=O) groups is 3. The van der Waals surface area contributed by atoms with Crippen molar-refractivity contribution in [3.8, 4) is 0 Å². The third-order valence-corrected chi connectivity index (χ3v) is 7.52. The number of nitrogens with zero attached hydrogens (tertiary/aromatic N) is 2. The van der Waals surface area contributed by atoms with Crippen LogP contribution in [0.15, 0.2) is 77.7 Å². The van der Waals surface area contributed by atoms with Gasteiger partial charge < -0.3 is 4.90 Å². The molecule has 174 valence electrons. The van der Waals surface area contributed by atoms with Gasteiger partial charge in [0.25, 0.3) is 17.7 Å². The number of nitrogens with one attached hydrogen (secondary N) is 1. The number of rotatable bonds is 4. The van der Waals surface area contributed by atoms with Crippen molar-refractivity contribution in [1.29, 1.82) is 0 Å². The zero-order valence-electron chi connectivity index (χ0n) is 17.8. The number of para-hydroxylation sites is 1. The summed E-state index contributed by atoms with van der Waals surface area (Å²) >= 11 is 18.6. The number of carbonyl (C=O) groups excluding carboxylic acids is 3. The van der Waals surface area contributed by atoms with E-state index in [0.717, 1.165) is 22.3 Å². The molecular formula is C25H15Cl2N3O3S2. The van der Waals surface area contributed by atoms with Gasteiger partial charge in [0.1, 0.15) is 0 Å². The number of thioether (sulfide) groups is 1. The van der Waals surface area contributed by atoms with Gasteiger partial charge in [0.05, 0.1) is 22.7 Å². The maximum atomic E-state index is 13.6. The van der Waals surface area contributed by atoms with Crippen LogP contribution in [0.4, 0.5) is 5.69 Å². The summed E-state index contributed by atoms with van der Waals surface area (Å²) < 4.78 is 0.120. The predicted octanol–water partition coefficient (Wildman–Crippen LogP) is 5.46. The second-order valence-electron chi connectivity index (χ2n) is 7.66. The molecule has 10 heteroatoms. The van der Waals surface area contributed by atoms with E-state index in [1.807, 2.05) is 30.3 Å². The quantitative estimate of drug-likeness (QED) is 0.352. The van der Waals surface area contributed by atoms with Crippen LogP contribution in [0.1, 0.15) is 21.5 Å². The number of amides is 3. The Bertz CT molecular complexity index is 1440. The molecule has 3 amide bonds. The first-order chi connectivity index (χ1) is 16.8. The van der Waals surface area contributed by atoms with Crippen molar-refractivity contribution in [1.82, 2.24) is 10.4 Å². The molecule has 0 unspecified atom stereocenters. The highest BCUT2D eigenvalue weighted by Gasteiger charge is 2.42. The molecule has 0 aliphatic carbocycles. The van der Waals surface area contributed by atoms with Crippen LogP contribution in [-0.2, 0) is 16.1 Å². The van der Waals surface area contributed by atoms with Crippen LogP contribution in [0, 0.1) is 0 Å². The Morgan fingerprint density at radius 3 is 2.34 bits per heavy atom. The summed E-state index contributed by atoms with van der Waals surface area (Å²) in [7, 11) is 0. The molecule has 2 aliphatic rings. The van der Waals surface area contributed by atoms with Gasteiger partial charge in [0.2, 0.25) is 0 Å². The van der Waals surface area contributed by atoms with Crippen molar-refractivity contribution in [3.63, 3.8) is 0 Å². The molecule has 3 aromatic carbocycles. The highest BCUT2D eigenvalue weighted by Crippen LogP contribution is 2.44. The first kappa shape index (κ1) is 23.6. The highest BCUT2D eigenvalue weighted by molar-refractivity contribution is 8.26. The molecule has 6 nitrogen and oxygen atoms in total. The lowest BCUT2D eigenvalue weighted by molar-refractivity contribution is -0.124. The maximum absolute atomic E-state index is 13.6. The molecule has 0 radical (unpaired) electrons. The molecule has 5 rings (SSSR count). The normalized spacial score (nSPS) is 17.3. The van der Waals surface area contributed by atoms with Gasteiger partial charge in [-0.2, -0.15) is 5.01 Å². The van der Waals surface area contributed by atoms with Gasteiger partial charge >= 0.3 is 0 Å². The second-order valence-corrected chi connectivity index (χ2v) is 10.1. The van der Waals surface area contributed by atoms with E-state index in [-0.39, 0.29) is 27.3 Å². The lowest BCUT2D eigenvalue weighted by atomic mass is 10.1. The van der Waals surface area contributed by atoms with E-state index in [2.05, 4.69) is 5.43 Å². The average molecular weight is 540 g/mol. The fraction of sp³-hybridized carbons (Fsp3) is 0.0400. The molecule has 0 spiro atoms. The third-order valence-electron chi connectivity index (χ3n) is 5.53. The molecule has 2 aliphatic heterocycles. The van der Waals surface area contributed by atoms with Crippen LogP contribution < -0.4 is 10.3 Å². The number of fused-ring (bicyclic) bond motifs is 1. The van der Waals surface area contributed by atoms with Gasteiger partial charge in [0, 0.05) is 21.2 Å². The Hall–Kier alpha value is -3.17. The number of thiocarbonyl (C=S) groups is 1. The summed E-state index contributed by atoms with van der Waals surface area (Å²) in [5.74, 6) is -1.43. The van der Waals surface area contributed by atoms with Crippen LogP contribution in [-0.4, -0.2) is 27.1 Å². The number of halogens is 2. The summed E-state index contributed by atoms with van der Waals surface area (Å²) in [5.41, 5.74) is 5.15. The molecule has 3 aromatic rings. The van der Waals surface area contributed by atoms with E-state index in [9.17, 15) is 14.4 Å². The summed E-state index contributed by atoms with van der Waals surface area (Å²) in [6.07, 6.45) is 0. The van der Waals surface area contributed by atoms with Crippen molar-refractivity contribution in [3.05, 3.63) is 104 Å². The SMILES string of the molecule is O=C(NN1C(=O)/C(=C2/C(=O)N(Cc3ccccc3Cl)c3ccccc32)SC1=S)c1ccc(Cl)cc1. The third kappa shape index (κ3) is 4.34. The van der Waals surface area contributed by atoms with E-state index in [4.69, 9.17) is 35.4 Å². The number of benzene rings is 3. The van der Waals surface area contributed by atoms with Crippen LogP contribution in [0.3, 0.4) is 0 Å². The van der Waals surface area contributed by atoms with Crippen molar-refractivity contribution in [2.75, 3.05) is 4.90 Å². The molecule has 0 aromatic heterocycles. The lowest BCUT2D eigenvalue weighted by Crippen LogP contribution is -2.45. The van der Waals surface area contributed by atoms with Gasteiger partial charge in [0.15, 0.2) is 4.32 Å². The predicted molar refractivity (Wildman–Crippen MR) is 142 cm³/mol. The Balaban J connectivity index is 1.48. The minimum absolute atomic E-state index is 0.120. The van der Waals surface area contributed by atoms with Gasteiger partial charge in [-0.1, -0.05) is 71.4 Å². The standard InChI is InChI=1S/C25H15Cl2N3O3S2/c26-16-11-9-14(10-12-16)22(31)28-30-24(33)21(35-25(30)34)20-17-6-2-4-8-19(17)29(23(20)32)13-15-5-1-3-7-18(15)27/h1-12H,13H2,(H,28,31)/b21-20-. The van der Waals surface area contributed by atoms with Crippen LogP contribution in [0.2, 0.25) is 10.0 Å². The average Bonchev–Trinajstić information content (AvgIpc) is 3.28. The number of anilines is 1. The summed E-state index contributed by atoms with van der Waals surface area (Å²) in [4.78, 5) is 41.3. The topological polar surface area (TPSA) is 69.7 Å². The lowest BCUT2D eigenvalue weighted by Gasteiger charge is -2.18. The fourth-order valence-corrected chi connectivity index (χ4v) is 5.41. The van der Waals surface area contributed by atoms with Crippen LogP contribution in [0.25, 0.3) is 5.57 Å². The first-order valence-electron chi connectivity index (χ1n) is 10.4. The Morgan fingerprint density at radius 1 is 0.914 bits per heavy atom. The molecule has 0 saturated carbocycles. The summed E-state index contributed by atoms with van der Waals surface area (Å²) in [5, 5.41) is 2.02. The number of hydrogen-bond acceptors (Lipinski definition) is 5. The van der Waals surface area contributed by atoms with Gasteiger partial charge in [-0.3, -0.25) is 19.8 Å². The molecule has 35 heavy (non-hydrogen) atoms. The van der Waals surface area contributed by atoms with E-state index >= 15 is 0 Å². The zero-order valence-corrected chi connectivity index (χ0v) is 21.0. The van der Waals surface area contributed by atoms with Gasteiger partial charge in [-0.05, 0) is 54.2 Å². The zero-order chi connectivity index (χ0) is 24.7. The van der Waals surface area contributed by atoms with Crippen LogP contribution >= 0.6 is 47.2 Å². The summed E-state index contributed by atoms with van der Waals surface area (Å²) in [6, 6.07) is 20.7. The first-order valence-corrected chi connectivity index (χ1v) is 12.3. The second kappa shape index (κ2) is 9.47. The van der Waals surface area contributed by atoms with E-state index in [1.165, 1.54) is 12.1 Å². The Kier molecular flexibility index (Phi) is 6.37. The van der Waals surface area contributed by atoms with Gasteiger partial charge in [-0.15, -0.1) is 0 Å². The minimum atomic E-state index is -0.569. The highest BCUT2D eigenvalue weighted by atomic mass is 35.5. The smallest absolute Gasteiger partial charge is 0.286 e. The number of hydrogen-bond donors (Lipinski definition) is 1. The summed E-state index contributed by atoms with van der Waals surface area (Å²) in [6.45, 7) is 0.243. The molecule has 2 heterocycles. The fourth-order valence-electron chi connectivity index (χ4n) is 3.84. The van der Waals surface area contributed by atoms with E-state index in [1.54, 1.807) is 35.2 Å². The van der Waals surface area contributed by atoms with E-state index < -0.39 is 11.8 Å². The van der Waals surface area contributed by atoms with Gasteiger partial charge in [-0.25, -0.2) is 0 Å². The molecule has 0 atom stereocenters. The molecular weight excluding hydrogens is 525 g/mol. The van der Waals surface area contributed by atoms with Crippen LogP contribution in [0.5, 0.6) is 0 Å². The maximum Gasteiger partial charge on any atom is 0.286 e. The van der Waals surface area contributed by atoms with E-state index in [0.29, 0.717) is 26.9 Å². The van der Waals surface area contributed by atoms with Crippen molar-refractivity contribution in [2.45, 2.75) is 6.54 Å². The molecule has 1 N–H and O–H groups in total. The monoisotopic (exact) mass is 539 g/mol. The Labute approximate surface area is 220 Å². The minimum Gasteiger partial charge on any atom is -0.303 e. The number of hydrazine groups is 1. The molecule has 1 saturated heterocycles.